The molecule has 0 aliphatic carbocycles. The number of halogens is 1. The maximum Gasteiger partial charge on any atom is 0.306 e. The Hall–Kier alpha value is -0.450. The van der Waals surface area contributed by atoms with Crippen molar-refractivity contribution in [2.24, 2.45) is 0 Å². The van der Waals surface area contributed by atoms with E-state index in [0.717, 1.165) is 38.5 Å². The first-order valence-electron chi connectivity index (χ1n) is 18.8. The fraction of sp³-hybridized carbons (Fsp3) is 0.946. The molecule has 7 nitrogen and oxygen atoms in total. The molecule has 270 valence electrons. The number of rotatable bonds is 34. The van der Waals surface area contributed by atoms with Gasteiger partial charge in [-0.25, -0.2) is 0 Å². The predicted octanol–water partition coefficient (Wildman–Crippen LogP) is 5.67. The molecule has 0 rings (SSSR count). The normalized spacial score (nSPS) is 13.2. The first kappa shape index (κ1) is 46.7. The molecule has 0 aromatic heterocycles. The summed E-state index contributed by atoms with van der Waals surface area (Å²) in [6, 6.07) is 0. The van der Waals surface area contributed by atoms with Crippen LogP contribution in [-0.4, -0.2) is 79.2 Å². The second kappa shape index (κ2) is 34.9. The summed E-state index contributed by atoms with van der Waals surface area (Å²) in [5.41, 5.74) is 0. The monoisotopic (exact) mass is 755 g/mol. The van der Waals surface area contributed by atoms with Crippen LogP contribution in [0.5, 0.6) is 0 Å². The van der Waals surface area contributed by atoms with Gasteiger partial charge >= 0.3 is 11.9 Å². The fourth-order valence-corrected chi connectivity index (χ4v) is 5.97. The van der Waals surface area contributed by atoms with Crippen LogP contribution < -0.4 is 24.0 Å². The lowest BCUT2D eigenvalue weighted by Gasteiger charge is -2.36. The molecule has 0 fully saturated rings. The molecule has 0 spiro atoms. The molecule has 2 atom stereocenters. The summed E-state index contributed by atoms with van der Waals surface area (Å²) in [7, 11) is 1.99. The topological polar surface area (TPSA) is 93.1 Å². The highest BCUT2D eigenvalue weighted by Crippen LogP contribution is 2.15. The quantitative estimate of drug-likeness (QED) is 0.0381. The summed E-state index contributed by atoms with van der Waals surface area (Å²) >= 11 is 0. The molecule has 0 aromatic carbocycles. The Morgan fingerprint density at radius 2 is 0.956 bits per heavy atom. The van der Waals surface area contributed by atoms with Crippen molar-refractivity contribution in [3.63, 3.8) is 0 Å². The molecular formula is C37H74INO6. The number of unbranched alkanes of at least 4 members (excludes halogenated alkanes) is 20. The van der Waals surface area contributed by atoms with Crippen molar-refractivity contribution < 1.29 is 57.7 Å². The third-order valence-corrected chi connectivity index (χ3v) is 8.84. The summed E-state index contributed by atoms with van der Waals surface area (Å²) in [6.07, 6.45) is 27.8. The molecule has 0 heterocycles. The Labute approximate surface area is 295 Å². The number of nitrogens with zero attached hydrogens (tertiary/aromatic N) is 1. The van der Waals surface area contributed by atoms with Crippen LogP contribution in [0.15, 0.2) is 0 Å². The zero-order chi connectivity index (χ0) is 32.6. The summed E-state index contributed by atoms with van der Waals surface area (Å²) < 4.78 is 11.9. The van der Waals surface area contributed by atoms with Crippen molar-refractivity contribution >= 4 is 11.9 Å². The van der Waals surface area contributed by atoms with Gasteiger partial charge in [0.2, 0.25) is 0 Å². The lowest BCUT2D eigenvalue weighted by Crippen LogP contribution is -3.00. The summed E-state index contributed by atoms with van der Waals surface area (Å²) in [5.74, 6) is -0.482. The molecule has 0 radical (unpaired) electrons. The van der Waals surface area contributed by atoms with Crippen LogP contribution >= 0.6 is 0 Å². The van der Waals surface area contributed by atoms with Gasteiger partial charge in [0.25, 0.3) is 0 Å². The minimum atomic E-state index is -0.563. The van der Waals surface area contributed by atoms with Crippen molar-refractivity contribution in [1.29, 1.82) is 0 Å². The van der Waals surface area contributed by atoms with Crippen LogP contribution in [-0.2, 0) is 19.1 Å². The molecule has 0 bridgehead atoms. The minimum Gasteiger partial charge on any atom is -1.00 e. The van der Waals surface area contributed by atoms with E-state index >= 15 is 0 Å². The van der Waals surface area contributed by atoms with E-state index in [0.29, 0.717) is 43.4 Å². The molecule has 1 unspecified atom stereocenters. The van der Waals surface area contributed by atoms with Gasteiger partial charge in [0.15, 0.2) is 6.10 Å². The summed E-state index contributed by atoms with van der Waals surface area (Å²) in [5, 5.41) is 19.0. The van der Waals surface area contributed by atoms with Crippen molar-refractivity contribution in [3.8, 4) is 0 Å². The maximum atomic E-state index is 12.7. The van der Waals surface area contributed by atoms with Crippen LogP contribution in [0.1, 0.15) is 174 Å². The molecule has 0 aliphatic rings. The van der Waals surface area contributed by atoms with Crippen molar-refractivity contribution in [2.75, 3.05) is 46.5 Å². The number of hydrogen-bond donors (Lipinski definition) is 2. The van der Waals surface area contributed by atoms with E-state index in [9.17, 15) is 19.8 Å². The third-order valence-electron chi connectivity index (χ3n) is 8.84. The van der Waals surface area contributed by atoms with E-state index in [2.05, 4.69) is 13.8 Å². The highest BCUT2D eigenvalue weighted by Gasteiger charge is 2.29. The predicted molar refractivity (Wildman–Crippen MR) is 183 cm³/mol. The first-order chi connectivity index (χ1) is 21.4. The smallest absolute Gasteiger partial charge is 0.306 e. The summed E-state index contributed by atoms with van der Waals surface area (Å²) in [6.45, 7) is 6.18. The Morgan fingerprint density at radius 3 is 1.36 bits per heavy atom. The Bertz CT molecular complexity index is 652. The van der Waals surface area contributed by atoms with E-state index in [1.807, 2.05) is 7.05 Å². The molecule has 0 aliphatic heterocycles. The van der Waals surface area contributed by atoms with E-state index in [1.165, 1.54) is 103 Å². The second-order valence-electron chi connectivity index (χ2n) is 13.4. The number of aliphatic hydroxyl groups is 2. The number of carbonyl (C=O) groups is 2. The lowest BCUT2D eigenvalue weighted by molar-refractivity contribution is -0.912. The first-order valence-corrected chi connectivity index (χ1v) is 18.8. The molecule has 2 N–H and O–H groups in total. The minimum absolute atomic E-state index is 0. The Balaban J connectivity index is 0. The molecule has 0 saturated heterocycles. The SMILES string of the molecule is CCCCCCCCCCCCCC(=O)OC[C@H](C[N+](C)(CCO)CCCO)OC(=O)CCCCCCCCCCCCC.[I-]. The maximum absolute atomic E-state index is 12.7. The molecule has 0 aromatic rings. The largest absolute Gasteiger partial charge is 1.00 e. The zero-order valence-electron chi connectivity index (χ0n) is 29.9. The van der Waals surface area contributed by atoms with Gasteiger partial charge in [-0.05, 0) is 12.8 Å². The van der Waals surface area contributed by atoms with Gasteiger partial charge < -0.3 is 48.1 Å². The van der Waals surface area contributed by atoms with E-state index in [4.69, 9.17) is 9.47 Å². The van der Waals surface area contributed by atoms with Gasteiger partial charge in [0, 0.05) is 25.9 Å². The van der Waals surface area contributed by atoms with Gasteiger partial charge in [0.05, 0.1) is 20.2 Å². The Morgan fingerprint density at radius 1 is 0.556 bits per heavy atom. The van der Waals surface area contributed by atoms with E-state index < -0.39 is 6.10 Å². The lowest BCUT2D eigenvalue weighted by atomic mass is 10.1. The Kier molecular flexibility index (Phi) is 36.2. The van der Waals surface area contributed by atoms with Gasteiger partial charge in [-0.2, -0.15) is 0 Å². The van der Waals surface area contributed by atoms with Crippen LogP contribution in [0.3, 0.4) is 0 Å². The highest BCUT2D eigenvalue weighted by molar-refractivity contribution is 5.70. The number of esters is 2. The number of hydrogen-bond acceptors (Lipinski definition) is 6. The van der Waals surface area contributed by atoms with Crippen molar-refractivity contribution in [2.45, 2.75) is 180 Å². The fourth-order valence-electron chi connectivity index (χ4n) is 5.97. The van der Waals surface area contributed by atoms with Gasteiger partial charge in [-0.15, -0.1) is 0 Å². The molecule has 0 amide bonds. The van der Waals surface area contributed by atoms with Crippen molar-refractivity contribution in [1.82, 2.24) is 0 Å². The third kappa shape index (κ3) is 31.9. The number of likely N-dealkylation sites (N-methyl/N-ethyl adjacent to an activating group) is 1. The van der Waals surface area contributed by atoms with E-state index in [1.54, 1.807) is 0 Å². The van der Waals surface area contributed by atoms with Crippen LogP contribution in [0.25, 0.3) is 0 Å². The molecule has 8 heteroatoms. The number of aliphatic hydroxyl groups excluding tert-OH is 2. The number of quaternary nitrogens is 1. The zero-order valence-corrected chi connectivity index (χ0v) is 32.0. The number of ether oxygens (including phenoxy) is 2. The van der Waals surface area contributed by atoms with Gasteiger partial charge in [0.1, 0.15) is 19.7 Å². The van der Waals surface area contributed by atoms with Gasteiger partial charge in [-0.1, -0.05) is 142 Å². The van der Waals surface area contributed by atoms with Crippen LogP contribution in [0.4, 0.5) is 0 Å². The highest BCUT2D eigenvalue weighted by atomic mass is 127. The number of carbonyl (C=O) groups excluding carboxylic acids is 2. The summed E-state index contributed by atoms with van der Waals surface area (Å²) in [4.78, 5) is 25.2. The standard InChI is InChI=1S/C37H74NO6.HI/c1-4-6-8-10-12-14-16-18-20-22-24-27-36(41)43-34-35(33-38(3,30-32-40)29-26-31-39)44-37(42)28-25-23-21-19-17-15-13-11-9-7-5-2;/h35,39-40H,4-34H2,1-3H3;1H/q+1;/p-1/t35-,38?;/m0./s1. The van der Waals surface area contributed by atoms with Crippen LogP contribution in [0, 0.1) is 0 Å². The molecule has 0 saturated carbocycles. The van der Waals surface area contributed by atoms with Crippen LogP contribution in [0.2, 0.25) is 0 Å². The average Bonchev–Trinajstić information content (AvgIpc) is 3.00. The van der Waals surface area contributed by atoms with Gasteiger partial charge in [-0.3, -0.25) is 9.59 Å². The second-order valence-corrected chi connectivity index (χ2v) is 13.4. The van der Waals surface area contributed by atoms with E-state index in [-0.39, 0.29) is 55.7 Å². The van der Waals surface area contributed by atoms with Crippen molar-refractivity contribution in [3.05, 3.63) is 0 Å². The molecule has 45 heavy (non-hydrogen) atoms. The average molecular weight is 756 g/mol. The molecular weight excluding hydrogens is 681 g/mol.